The van der Waals surface area contributed by atoms with E-state index in [9.17, 15) is 0 Å². The lowest BCUT2D eigenvalue weighted by molar-refractivity contribution is -0.454. The monoisotopic (exact) mass is 208 g/mol. The van der Waals surface area contributed by atoms with E-state index in [1.165, 1.54) is 6.42 Å². The Balaban J connectivity index is -0.0000000156. The fourth-order valence-electron chi connectivity index (χ4n) is 0. The smallest absolute Gasteiger partial charge is 0.131 e. The highest BCUT2D eigenvalue weighted by Crippen LogP contribution is 1.56. The zero-order chi connectivity index (χ0) is 9.86. The van der Waals surface area contributed by atoms with Crippen molar-refractivity contribution >= 4 is 13.4 Å². The molecule has 0 saturated carbocycles. The van der Waals surface area contributed by atoms with Gasteiger partial charge >= 0.3 is 0 Å². The lowest BCUT2D eigenvalue weighted by Crippen LogP contribution is -1.86. The number of hydrogen-bond donors (Lipinski definition) is 0. The first-order chi connectivity index (χ1) is 4.88. The Morgan fingerprint density at radius 1 is 0.714 bits per heavy atom. The van der Waals surface area contributed by atoms with E-state index in [-0.39, 0.29) is 22.3 Å². The normalized spacial score (nSPS) is 5.00. The maximum absolute atomic E-state index is 3.47. The van der Waals surface area contributed by atoms with Crippen molar-refractivity contribution in [1.29, 1.82) is 0 Å². The second kappa shape index (κ2) is 39.5. The molecule has 2 heteroatoms. The van der Waals surface area contributed by atoms with E-state index in [4.69, 9.17) is 0 Å². The third-order valence-corrected chi connectivity index (χ3v) is 0. The Morgan fingerprint density at radius 3 is 0.714 bits per heavy atom. The molecule has 92 valence electrons. The van der Waals surface area contributed by atoms with Crippen LogP contribution >= 0.6 is 0 Å². The van der Waals surface area contributed by atoms with Crippen molar-refractivity contribution in [3.8, 4) is 0 Å². The maximum Gasteiger partial charge on any atom is 0.131 e. The minimum atomic E-state index is 0. The van der Waals surface area contributed by atoms with Gasteiger partial charge in [-0.15, -0.1) is 0 Å². The first-order valence-electron chi connectivity index (χ1n) is 3.84. The zero-order valence-corrected chi connectivity index (χ0v) is 9.02. The fourth-order valence-corrected chi connectivity index (χ4v) is 0. The fraction of sp³-hybridized carbons (Fsp3) is 0.833. The van der Waals surface area contributed by atoms with Crippen molar-refractivity contribution in [1.82, 2.24) is 0 Å². The van der Waals surface area contributed by atoms with Gasteiger partial charge in [0.25, 0.3) is 0 Å². The summed E-state index contributed by atoms with van der Waals surface area (Å²) in [4.78, 5) is 0. The highest BCUT2D eigenvalue weighted by Gasteiger charge is 1.54. The summed E-state index contributed by atoms with van der Waals surface area (Å²) >= 11 is 0. The van der Waals surface area contributed by atoms with Crippen LogP contribution in [0.25, 0.3) is 0 Å². The lowest BCUT2D eigenvalue weighted by atomic mass is 10.6. The summed E-state index contributed by atoms with van der Waals surface area (Å²) in [6.07, 6.45) is 1.25. The first kappa shape index (κ1) is 37.7. The topological polar surface area (TPSA) is 6.02 Å². The molecule has 0 aliphatic heterocycles. The van der Waals surface area contributed by atoms with Crippen molar-refractivity contribution in [3.63, 3.8) is 0 Å². The van der Waals surface area contributed by atoms with Crippen LogP contribution in [0.4, 0.5) is 0 Å². The van der Waals surface area contributed by atoms with Gasteiger partial charge in [-0.25, -0.2) is 9.15 Å². The summed E-state index contributed by atoms with van der Waals surface area (Å²) in [5, 5.41) is 0. The Labute approximate surface area is 94.0 Å². The van der Waals surface area contributed by atoms with Crippen LogP contribution in [0, 0.1) is 0 Å². The average molecular weight is 208 g/mol. The Kier molecular flexibility index (Phi) is 106. The van der Waals surface area contributed by atoms with E-state index in [1.54, 1.807) is 9.15 Å². The van der Waals surface area contributed by atoms with Crippen LogP contribution in [0.3, 0.4) is 0 Å². The van der Waals surface area contributed by atoms with Crippen LogP contribution in [0.15, 0.2) is 0 Å². The Morgan fingerprint density at radius 2 is 0.714 bits per heavy atom. The number of nitrogens with zero attached hydrogens (tertiary/aromatic N) is 2. The van der Waals surface area contributed by atoms with Gasteiger partial charge in [-0.2, -0.15) is 0 Å². The van der Waals surface area contributed by atoms with Crippen LogP contribution in [-0.2, 0) is 0 Å². The van der Waals surface area contributed by atoms with Gasteiger partial charge < -0.3 is 0 Å². The van der Waals surface area contributed by atoms with Crippen molar-refractivity contribution in [3.05, 3.63) is 0 Å². The minimum Gasteiger partial charge on any atom is -0.248 e. The van der Waals surface area contributed by atoms with Crippen LogP contribution in [0.5, 0.6) is 0 Å². The molecule has 0 spiro atoms. The Bertz CT molecular complexity index is 76.5. The first-order valence-corrected chi connectivity index (χ1v) is 3.84. The van der Waals surface area contributed by atoms with Crippen LogP contribution in [-0.4, -0.2) is 50.8 Å². The molecule has 0 fully saturated rings. The van der Waals surface area contributed by atoms with E-state index >= 15 is 0 Å². The molecule has 0 aromatic carbocycles. The molecule has 0 aromatic heterocycles. The molecule has 0 heterocycles. The molecule has 0 saturated heterocycles. The molecule has 0 aliphatic rings. The SMILES string of the molecule is C.C.C.C=[N+](C)C.C=[N+](C)C.CCC. The predicted molar refractivity (Wildman–Crippen MR) is 74.6 cm³/mol. The van der Waals surface area contributed by atoms with Gasteiger partial charge in [0.05, 0.1) is 0 Å². The van der Waals surface area contributed by atoms with Crippen molar-refractivity contribution in [2.75, 3.05) is 28.2 Å². The number of rotatable bonds is 0. The molecule has 14 heavy (non-hydrogen) atoms. The highest BCUT2D eigenvalue weighted by atomic mass is 14.9. The summed E-state index contributed by atoms with van der Waals surface area (Å²) in [7, 11) is 7.56. The summed E-state index contributed by atoms with van der Waals surface area (Å²) in [6, 6.07) is 0. The third-order valence-electron chi connectivity index (χ3n) is 0. The van der Waals surface area contributed by atoms with Gasteiger partial charge in [0.15, 0.2) is 0 Å². The average Bonchev–Trinajstić information content (AvgIpc) is 1.60. The molecular weight excluding hydrogens is 172 g/mol. The number of hydrogen-bond acceptors (Lipinski definition) is 0. The molecule has 0 unspecified atom stereocenters. The van der Waals surface area contributed by atoms with Gasteiger partial charge in [0.1, 0.15) is 41.6 Å². The van der Waals surface area contributed by atoms with Crippen LogP contribution < -0.4 is 0 Å². The molecule has 0 aromatic rings. The molecule has 0 radical (unpaired) electrons. The second-order valence-electron chi connectivity index (χ2n) is 2.87. The van der Waals surface area contributed by atoms with Gasteiger partial charge in [0.2, 0.25) is 0 Å². The van der Waals surface area contributed by atoms with Gasteiger partial charge in [-0.3, -0.25) is 0 Å². The van der Waals surface area contributed by atoms with Crippen molar-refractivity contribution in [2.24, 2.45) is 0 Å². The lowest BCUT2D eigenvalue weighted by Gasteiger charge is -1.65. The summed E-state index contributed by atoms with van der Waals surface area (Å²) in [5.41, 5.74) is 0. The van der Waals surface area contributed by atoms with E-state index in [0.717, 1.165) is 0 Å². The second-order valence-corrected chi connectivity index (χ2v) is 2.87. The van der Waals surface area contributed by atoms with Crippen molar-refractivity contribution < 1.29 is 9.15 Å². The van der Waals surface area contributed by atoms with Gasteiger partial charge in [0, 0.05) is 0 Å². The molecular formula is C12H36N2+2. The summed E-state index contributed by atoms with van der Waals surface area (Å²) in [6.45, 7) is 11.2. The standard InChI is InChI=1S/2C3H8N.C3H8.3CH4/c2*1-4(2)3;1-3-2;;;/h2*1H2,2-3H3;3H2,1-2H3;3*1H4/q2*+1;;;;. The van der Waals surface area contributed by atoms with Crippen LogP contribution in [0.1, 0.15) is 42.5 Å². The Hall–Kier alpha value is -0.660. The molecule has 0 N–H and O–H groups in total. The van der Waals surface area contributed by atoms with E-state index in [2.05, 4.69) is 27.3 Å². The summed E-state index contributed by atoms with van der Waals surface area (Å²) < 4.78 is 3.50. The van der Waals surface area contributed by atoms with Gasteiger partial charge in [-0.05, 0) is 0 Å². The van der Waals surface area contributed by atoms with E-state index < -0.39 is 0 Å². The van der Waals surface area contributed by atoms with Gasteiger partial charge in [-0.1, -0.05) is 42.5 Å². The van der Waals surface area contributed by atoms with Crippen LogP contribution in [0.2, 0.25) is 0 Å². The minimum absolute atomic E-state index is 0. The molecule has 2 nitrogen and oxygen atoms in total. The maximum atomic E-state index is 3.47. The molecule has 0 atom stereocenters. The van der Waals surface area contributed by atoms with E-state index in [0.29, 0.717) is 0 Å². The summed E-state index contributed by atoms with van der Waals surface area (Å²) in [5.74, 6) is 0. The highest BCUT2D eigenvalue weighted by molar-refractivity contribution is 5.13. The zero-order valence-electron chi connectivity index (χ0n) is 9.02. The molecule has 0 bridgehead atoms. The molecule has 0 aliphatic carbocycles. The third kappa shape index (κ3) is 2780. The predicted octanol–water partition coefficient (Wildman–Crippen LogP) is 3.24. The van der Waals surface area contributed by atoms with Crippen molar-refractivity contribution in [2.45, 2.75) is 42.5 Å². The van der Waals surface area contributed by atoms with E-state index in [1.807, 2.05) is 28.2 Å². The molecule has 0 amide bonds. The quantitative estimate of drug-likeness (QED) is 0.426. The largest absolute Gasteiger partial charge is 0.248 e. The molecule has 0 rings (SSSR count).